The molecule has 0 aromatic heterocycles. The van der Waals surface area contributed by atoms with Crippen LogP contribution < -0.4 is 10.1 Å². The van der Waals surface area contributed by atoms with E-state index in [0.29, 0.717) is 31.4 Å². The number of carbonyl (C=O) groups is 1. The van der Waals surface area contributed by atoms with Crippen LogP contribution in [0.1, 0.15) is 32.3 Å². The Labute approximate surface area is 182 Å². The van der Waals surface area contributed by atoms with Gasteiger partial charge in [0.2, 0.25) is 5.91 Å². The smallest absolute Gasteiger partial charge is 0.233 e. The van der Waals surface area contributed by atoms with E-state index < -0.39 is 0 Å². The molecular weight excluding hydrogens is 406 g/mol. The first kappa shape index (κ1) is 22.0. The molecule has 0 radical (unpaired) electrons. The van der Waals surface area contributed by atoms with Crippen molar-refractivity contribution < 1.29 is 14.3 Å². The lowest BCUT2D eigenvalue weighted by Gasteiger charge is -2.38. The second-order valence-electron chi connectivity index (χ2n) is 7.28. The molecule has 1 saturated heterocycles. The first-order chi connectivity index (χ1) is 14.0. The molecule has 0 bridgehead atoms. The van der Waals surface area contributed by atoms with Crippen LogP contribution in [0.3, 0.4) is 0 Å². The Balaban J connectivity index is 1.65. The summed E-state index contributed by atoms with van der Waals surface area (Å²) in [7, 11) is 0. The SMILES string of the molecule is CCOc1ccc(C2(CNC(=O)C(C)Sc3ccc(Cl)cc3)CCOCC2)cc1. The molecule has 3 rings (SSSR count). The lowest BCUT2D eigenvalue weighted by Crippen LogP contribution is -2.46. The molecule has 1 fully saturated rings. The fraction of sp³-hybridized carbons (Fsp3) is 0.435. The number of rotatable bonds is 8. The highest BCUT2D eigenvalue weighted by atomic mass is 35.5. The zero-order chi connectivity index (χ0) is 20.7. The van der Waals surface area contributed by atoms with Crippen molar-refractivity contribution in [2.24, 2.45) is 0 Å². The number of carbonyl (C=O) groups excluding carboxylic acids is 1. The molecule has 1 amide bonds. The third-order valence-corrected chi connectivity index (χ3v) is 6.69. The summed E-state index contributed by atoms with van der Waals surface area (Å²) in [4.78, 5) is 13.8. The van der Waals surface area contributed by atoms with Gasteiger partial charge in [-0.15, -0.1) is 11.8 Å². The predicted octanol–water partition coefficient (Wildman–Crippen LogP) is 5.08. The summed E-state index contributed by atoms with van der Waals surface area (Å²) in [6.07, 6.45) is 1.78. The summed E-state index contributed by atoms with van der Waals surface area (Å²) in [6, 6.07) is 15.8. The van der Waals surface area contributed by atoms with Crippen molar-refractivity contribution in [1.29, 1.82) is 0 Å². The van der Waals surface area contributed by atoms with E-state index in [0.717, 1.165) is 23.5 Å². The monoisotopic (exact) mass is 433 g/mol. The number of halogens is 1. The van der Waals surface area contributed by atoms with E-state index in [2.05, 4.69) is 17.4 Å². The summed E-state index contributed by atoms with van der Waals surface area (Å²) < 4.78 is 11.2. The molecule has 29 heavy (non-hydrogen) atoms. The molecule has 1 heterocycles. The van der Waals surface area contributed by atoms with Crippen molar-refractivity contribution in [2.45, 2.75) is 42.2 Å². The Kier molecular flexibility index (Phi) is 7.87. The van der Waals surface area contributed by atoms with E-state index in [4.69, 9.17) is 21.1 Å². The van der Waals surface area contributed by atoms with E-state index in [1.54, 1.807) is 0 Å². The summed E-state index contributed by atoms with van der Waals surface area (Å²) >= 11 is 7.48. The molecule has 1 unspecified atom stereocenters. The van der Waals surface area contributed by atoms with Crippen molar-refractivity contribution >= 4 is 29.3 Å². The van der Waals surface area contributed by atoms with Gasteiger partial charge < -0.3 is 14.8 Å². The van der Waals surface area contributed by atoms with Gasteiger partial charge >= 0.3 is 0 Å². The van der Waals surface area contributed by atoms with Gasteiger partial charge in [-0.25, -0.2) is 0 Å². The van der Waals surface area contributed by atoms with Gasteiger partial charge in [0.1, 0.15) is 5.75 Å². The van der Waals surface area contributed by atoms with Crippen LogP contribution in [0.4, 0.5) is 0 Å². The summed E-state index contributed by atoms with van der Waals surface area (Å²) in [5.41, 5.74) is 1.12. The van der Waals surface area contributed by atoms with Gasteiger partial charge in [-0.3, -0.25) is 4.79 Å². The summed E-state index contributed by atoms with van der Waals surface area (Å²) in [5, 5.41) is 3.70. The lowest BCUT2D eigenvalue weighted by atomic mass is 9.74. The summed E-state index contributed by atoms with van der Waals surface area (Å²) in [5.74, 6) is 0.914. The highest BCUT2D eigenvalue weighted by Gasteiger charge is 2.35. The Hall–Kier alpha value is -1.69. The summed E-state index contributed by atoms with van der Waals surface area (Å²) in [6.45, 7) is 6.58. The third kappa shape index (κ3) is 5.91. The minimum absolute atomic E-state index is 0.0433. The standard InChI is InChI=1S/C23H28ClNO3S/c1-3-28-20-8-4-18(5-9-20)23(12-14-27-15-13-23)16-25-22(26)17(2)29-21-10-6-19(24)7-11-21/h4-11,17H,3,12-16H2,1-2H3,(H,25,26). The van der Waals surface area contributed by atoms with Crippen molar-refractivity contribution in [2.75, 3.05) is 26.4 Å². The number of benzene rings is 2. The van der Waals surface area contributed by atoms with Crippen LogP contribution in [-0.2, 0) is 14.9 Å². The fourth-order valence-corrected chi connectivity index (χ4v) is 4.59. The van der Waals surface area contributed by atoms with E-state index in [1.807, 2.05) is 50.2 Å². The van der Waals surface area contributed by atoms with Crippen molar-refractivity contribution in [3.8, 4) is 5.75 Å². The van der Waals surface area contributed by atoms with Crippen LogP contribution >= 0.6 is 23.4 Å². The van der Waals surface area contributed by atoms with Gasteiger partial charge in [-0.1, -0.05) is 23.7 Å². The van der Waals surface area contributed by atoms with Crippen LogP contribution in [0.15, 0.2) is 53.4 Å². The predicted molar refractivity (Wildman–Crippen MR) is 119 cm³/mol. The Morgan fingerprint density at radius 2 is 1.83 bits per heavy atom. The highest BCUT2D eigenvalue weighted by molar-refractivity contribution is 8.00. The topological polar surface area (TPSA) is 47.6 Å². The number of hydrogen-bond donors (Lipinski definition) is 1. The van der Waals surface area contributed by atoms with E-state index in [1.165, 1.54) is 17.3 Å². The van der Waals surface area contributed by atoms with Crippen LogP contribution in [0.5, 0.6) is 5.75 Å². The molecule has 0 saturated carbocycles. The largest absolute Gasteiger partial charge is 0.494 e. The maximum atomic E-state index is 12.8. The maximum absolute atomic E-state index is 12.8. The van der Waals surface area contributed by atoms with E-state index >= 15 is 0 Å². The quantitative estimate of drug-likeness (QED) is 0.589. The molecular formula is C23H28ClNO3S. The van der Waals surface area contributed by atoms with Crippen molar-refractivity contribution in [3.05, 3.63) is 59.1 Å². The van der Waals surface area contributed by atoms with Gasteiger partial charge in [-0.05, 0) is 68.7 Å². The van der Waals surface area contributed by atoms with Gasteiger partial charge in [0.25, 0.3) is 0 Å². The molecule has 1 N–H and O–H groups in total. The van der Waals surface area contributed by atoms with Gasteiger partial charge in [0.05, 0.1) is 11.9 Å². The van der Waals surface area contributed by atoms with Gasteiger partial charge in [0, 0.05) is 35.1 Å². The number of thioether (sulfide) groups is 1. The van der Waals surface area contributed by atoms with Crippen LogP contribution in [0.2, 0.25) is 5.02 Å². The molecule has 0 spiro atoms. The molecule has 0 aliphatic carbocycles. The molecule has 6 heteroatoms. The van der Waals surface area contributed by atoms with E-state index in [9.17, 15) is 4.79 Å². The minimum atomic E-state index is -0.187. The molecule has 1 aliphatic heterocycles. The van der Waals surface area contributed by atoms with Gasteiger partial charge in [-0.2, -0.15) is 0 Å². The van der Waals surface area contributed by atoms with Crippen LogP contribution in [0.25, 0.3) is 0 Å². The average Bonchev–Trinajstić information content (AvgIpc) is 2.75. The Bertz CT molecular complexity index is 789. The van der Waals surface area contributed by atoms with Crippen LogP contribution in [0, 0.1) is 0 Å². The first-order valence-corrected chi connectivity index (χ1v) is 11.3. The zero-order valence-electron chi connectivity index (χ0n) is 16.9. The fourth-order valence-electron chi connectivity index (χ4n) is 3.57. The molecule has 1 atom stereocenters. The Morgan fingerprint density at radius 1 is 1.17 bits per heavy atom. The normalized spacial score (nSPS) is 16.8. The minimum Gasteiger partial charge on any atom is -0.494 e. The molecule has 2 aromatic rings. The molecule has 4 nitrogen and oxygen atoms in total. The highest BCUT2D eigenvalue weighted by Crippen LogP contribution is 2.35. The first-order valence-electron chi connectivity index (χ1n) is 10.0. The maximum Gasteiger partial charge on any atom is 0.233 e. The van der Waals surface area contributed by atoms with Crippen molar-refractivity contribution in [1.82, 2.24) is 5.32 Å². The third-order valence-electron chi connectivity index (χ3n) is 5.32. The average molecular weight is 434 g/mol. The van der Waals surface area contributed by atoms with Crippen LogP contribution in [-0.4, -0.2) is 37.5 Å². The zero-order valence-corrected chi connectivity index (χ0v) is 18.5. The van der Waals surface area contributed by atoms with Crippen molar-refractivity contribution in [3.63, 3.8) is 0 Å². The molecule has 2 aromatic carbocycles. The second-order valence-corrected chi connectivity index (χ2v) is 9.13. The number of ether oxygens (including phenoxy) is 2. The lowest BCUT2D eigenvalue weighted by molar-refractivity contribution is -0.120. The second kappa shape index (κ2) is 10.4. The number of amides is 1. The van der Waals surface area contributed by atoms with Gasteiger partial charge in [0.15, 0.2) is 0 Å². The number of hydrogen-bond acceptors (Lipinski definition) is 4. The number of nitrogens with one attached hydrogen (secondary N) is 1. The Morgan fingerprint density at radius 3 is 2.45 bits per heavy atom. The molecule has 156 valence electrons. The molecule has 1 aliphatic rings. The van der Waals surface area contributed by atoms with E-state index in [-0.39, 0.29) is 16.6 Å².